The summed E-state index contributed by atoms with van der Waals surface area (Å²) in [7, 11) is 0. The molecule has 0 saturated carbocycles. The molecule has 0 unspecified atom stereocenters. The van der Waals surface area contributed by atoms with Crippen LogP contribution in [0.15, 0.2) is 16.6 Å². The summed E-state index contributed by atoms with van der Waals surface area (Å²) in [5.74, 6) is 0. The Hall–Kier alpha value is -0.810. The first-order valence-electron chi connectivity index (χ1n) is 3.33. The lowest BCUT2D eigenvalue weighted by molar-refractivity contribution is 1.39. The summed E-state index contributed by atoms with van der Waals surface area (Å²) < 4.78 is 1.07. The van der Waals surface area contributed by atoms with Gasteiger partial charge in [0.05, 0.1) is 0 Å². The molecule has 0 aliphatic rings. The SMILES string of the molecule is C#[N+]c1c(C)cc(Br)cc1C. The summed E-state index contributed by atoms with van der Waals surface area (Å²) in [4.78, 5) is 3.69. The van der Waals surface area contributed by atoms with Gasteiger partial charge in [0.15, 0.2) is 0 Å². The van der Waals surface area contributed by atoms with E-state index in [1.165, 1.54) is 0 Å². The third-order valence-corrected chi connectivity index (χ3v) is 2.04. The number of benzene rings is 1. The van der Waals surface area contributed by atoms with Crippen molar-refractivity contribution in [1.29, 1.82) is 0 Å². The topological polar surface area (TPSA) is 4.36 Å². The van der Waals surface area contributed by atoms with Gasteiger partial charge >= 0.3 is 5.69 Å². The van der Waals surface area contributed by atoms with Gasteiger partial charge in [0.25, 0.3) is 6.57 Å². The number of nitrogens with zero attached hydrogens (tertiary/aromatic N) is 1. The van der Waals surface area contributed by atoms with Gasteiger partial charge in [-0.05, 0) is 30.8 Å². The third-order valence-electron chi connectivity index (χ3n) is 1.58. The maximum atomic E-state index is 5.21. The van der Waals surface area contributed by atoms with Gasteiger partial charge in [-0.3, -0.25) is 0 Å². The summed E-state index contributed by atoms with van der Waals surface area (Å²) in [5, 5.41) is 0. The largest absolute Gasteiger partial charge is 0.345 e. The molecule has 0 bridgehead atoms. The highest BCUT2D eigenvalue weighted by molar-refractivity contribution is 9.10. The first-order valence-corrected chi connectivity index (χ1v) is 4.12. The summed E-state index contributed by atoms with van der Waals surface area (Å²) in [6.07, 6.45) is 0. The summed E-state index contributed by atoms with van der Waals surface area (Å²) in [6.45, 7) is 9.19. The number of hydrogen-bond donors (Lipinski definition) is 0. The van der Waals surface area contributed by atoms with E-state index in [4.69, 9.17) is 6.57 Å². The predicted octanol–water partition coefficient (Wildman–Crippen LogP) is 3.66. The molecule has 0 aromatic heterocycles. The summed E-state index contributed by atoms with van der Waals surface area (Å²) in [5.41, 5.74) is 3.08. The van der Waals surface area contributed by atoms with Crippen LogP contribution in [0.4, 0.5) is 5.69 Å². The molecule has 0 atom stereocenters. The van der Waals surface area contributed by atoms with Gasteiger partial charge in [-0.1, -0.05) is 15.9 Å². The molecule has 0 N–H and O–H groups in total. The molecule has 1 aromatic carbocycles. The van der Waals surface area contributed by atoms with Crippen LogP contribution in [0.2, 0.25) is 0 Å². The second-order valence-electron chi connectivity index (χ2n) is 2.52. The molecule has 0 aliphatic carbocycles. The molecule has 1 aromatic rings. The minimum absolute atomic E-state index is 0.883. The quantitative estimate of drug-likeness (QED) is 0.616. The first kappa shape index (κ1) is 8.29. The van der Waals surface area contributed by atoms with Crippen molar-refractivity contribution in [2.24, 2.45) is 0 Å². The van der Waals surface area contributed by atoms with Crippen LogP contribution in [0, 0.1) is 20.4 Å². The Morgan fingerprint density at radius 1 is 1.27 bits per heavy atom. The fourth-order valence-electron chi connectivity index (χ4n) is 1.11. The molecule has 0 spiro atoms. The maximum Gasteiger partial charge on any atom is 0.345 e. The van der Waals surface area contributed by atoms with Gasteiger partial charge in [-0.15, -0.1) is 0 Å². The molecule has 1 nitrogen and oxygen atoms in total. The van der Waals surface area contributed by atoms with E-state index in [1.807, 2.05) is 26.0 Å². The Labute approximate surface area is 75.0 Å². The van der Waals surface area contributed by atoms with E-state index in [1.54, 1.807) is 0 Å². The molecule has 0 radical (unpaired) electrons. The van der Waals surface area contributed by atoms with Crippen LogP contribution in [0.1, 0.15) is 11.1 Å². The number of aryl methyl sites for hydroxylation is 2. The van der Waals surface area contributed by atoms with Gasteiger partial charge < -0.3 is 0 Å². The Kier molecular flexibility index (Phi) is 2.31. The highest BCUT2D eigenvalue weighted by Crippen LogP contribution is 2.27. The molecule has 11 heavy (non-hydrogen) atoms. The van der Waals surface area contributed by atoms with E-state index in [0.717, 1.165) is 21.3 Å². The lowest BCUT2D eigenvalue weighted by atomic mass is 10.1. The second-order valence-corrected chi connectivity index (χ2v) is 3.43. The predicted molar refractivity (Wildman–Crippen MR) is 51.6 cm³/mol. The van der Waals surface area contributed by atoms with Crippen molar-refractivity contribution in [3.05, 3.63) is 32.6 Å². The van der Waals surface area contributed by atoms with Crippen LogP contribution in [0.3, 0.4) is 0 Å². The molecule has 0 aliphatic heterocycles. The van der Waals surface area contributed by atoms with Gasteiger partial charge in [0, 0.05) is 15.6 Å². The molecular weight excluding hydrogens is 202 g/mol. The van der Waals surface area contributed by atoms with Crippen molar-refractivity contribution in [3.63, 3.8) is 0 Å². The molecular formula is C9H9BrN+. The monoisotopic (exact) mass is 210 g/mol. The number of rotatable bonds is 0. The van der Waals surface area contributed by atoms with E-state index < -0.39 is 0 Å². The van der Waals surface area contributed by atoms with Gasteiger partial charge in [0.2, 0.25) is 0 Å². The Bertz CT molecular complexity index is 300. The lowest BCUT2D eigenvalue weighted by Gasteiger charge is -1.94. The molecule has 2 heteroatoms. The minimum atomic E-state index is 0.883. The molecule has 0 fully saturated rings. The van der Waals surface area contributed by atoms with E-state index in [0.29, 0.717) is 0 Å². The van der Waals surface area contributed by atoms with Gasteiger partial charge in [-0.25, -0.2) is 0 Å². The maximum absolute atomic E-state index is 5.21. The summed E-state index contributed by atoms with van der Waals surface area (Å²) >= 11 is 3.39. The first-order chi connectivity index (χ1) is 5.15. The Morgan fingerprint density at radius 3 is 2.09 bits per heavy atom. The van der Waals surface area contributed by atoms with Crippen molar-refractivity contribution in [2.75, 3.05) is 0 Å². The molecule has 56 valence electrons. The zero-order valence-electron chi connectivity index (χ0n) is 6.56. The van der Waals surface area contributed by atoms with Crippen LogP contribution in [-0.4, -0.2) is 0 Å². The summed E-state index contributed by atoms with van der Waals surface area (Å²) in [6, 6.07) is 4.00. The van der Waals surface area contributed by atoms with E-state index >= 15 is 0 Å². The Balaban J connectivity index is 3.40. The van der Waals surface area contributed by atoms with Crippen LogP contribution in [0.5, 0.6) is 0 Å². The smallest absolute Gasteiger partial charge is 0.0508 e. The molecule has 0 amide bonds. The Morgan fingerprint density at radius 2 is 1.73 bits per heavy atom. The fourth-order valence-corrected chi connectivity index (χ4v) is 1.79. The van der Waals surface area contributed by atoms with Crippen LogP contribution < -0.4 is 0 Å². The highest BCUT2D eigenvalue weighted by atomic mass is 79.9. The van der Waals surface area contributed by atoms with Crippen molar-refractivity contribution in [1.82, 2.24) is 0 Å². The van der Waals surface area contributed by atoms with Gasteiger partial charge in [-0.2, -0.15) is 0 Å². The average Bonchev–Trinajstić information content (AvgIpc) is 1.85. The van der Waals surface area contributed by atoms with E-state index in [-0.39, 0.29) is 0 Å². The average molecular weight is 211 g/mol. The van der Waals surface area contributed by atoms with Crippen LogP contribution >= 0.6 is 15.9 Å². The standard InChI is InChI=1S/C9H9BrN/c1-6-4-8(10)5-7(2)9(6)11-3/h3-5H,1-2H3/q+1. The van der Waals surface area contributed by atoms with Crippen LogP contribution in [-0.2, 0) is 0 Å². The van der Waals surface area contributed by atoms with E-state index in [2.05, 4.69) is 20.8 Å². The second kappa shape index (κ2) is 3.06. The third kappa shape index (κ3) is 1.61. The normalized spacial score (nSPS) is 9.27. The van der Waals surface area contributed by atoms with E-state index in [9.17, 15) is 0 Å². The number of halogens is 1. The zero-order valence-corrected chi connectivity index (χ0v) is 8.14. The highest BCUT2D eigenvalue weighted by Gasteiger charge is 2.10. The molecule has 1 rings (SSSR count). The van der Waals surface area contributed by atoms with Crippen molar-refractivity contribution in [3.8, 4) is 6.57 Å². The lowest BCUT2D eigenvalue weighted by Crippen LogP contribution is -1.78. The van der Waals surface area contributed by atoms with Crippen LogP contribution in [0.25, 0.3) is 4.85 Å². The van der Waals surface area contributed by atoms with Crippen molar-refractivity contribution >= 4 is 21.6 Å². The van der Waals surface area contributed by atoms with Crippen molar-refractivity contribution < 1.29 is 0 Å². The van der Waals surface area contributed by atoms with Gasteiger partial charge in [0.1, 0.15) is 0 Å². The van der Waals surface area contributed by atoms with Crippen molar-refractivity contribution in [2.45, 2.75) is 13.8 Å². The molecule has 0 saturated heterocycles. The fraction of sp³-hybridized carbons (Fsp3) is 0.222. The molecule has 0 heterocycles. The number of hydrogen-bond acceptors (Lipinski definition) is 0. The minimum Gasteiger partial charge on any atom is -0.0508 e. The zero-order chi connectivity index (χ0) is 8.43.